The zero-order valence-corrected chi connectivity index (χ0v) is 26.5. The number of hydrogen-bond donors (Lipinski definition) is 3. The number of carbonyl (C=O) groups excluding carboxylic acids is 5. The van der Waals surface area contributed by atoms with E-state index in [0.29, 0.717) is 61.3 Å². The fourth-order valence-electron chi connectivity index (χ4n) is 6.71. The first-order valence-corrected chi connectivity index (χ1v) is 16.5. The number of H-pyrrole nitrogens is 1. The van der Waals surface area contributed by atoms with E-state index in [9.17, 15) is 28.4 Å². The number of nitrogens with zero attached hydrogens (tertiary/aromatic N) is 2. The number of amides is 5. The summed E-state index contributed by atoms with van der Waals surface area (Å²) in [6.07, 6.45) is 1.43. The highest BCUT2D eigenvalue weighted by Gasteiger charge is 2.39. The van der Waals surface area contributed by atoms with Gasteiger partial charge in [-0.15, -0.1) is 11.8 Å². The summed E-state index contributed by atoms with van der Waals surface area (Å²) in [7, 11) is 1.77. The van der Waals surface area contributed by atoms with Gasteiger partial charge < -0.3 is 20.1 Å². The monoisotopic (exact) mass is 653 g/mol. The highest BCUT2D eigenvalue weighted by molar-refractivity contribution is 7.99. The number of hydrogen-bond acceptors (Lipinski definition) is 6. The molecule has 1 unspecified atom stereocenters. The lowest BCUT2D eigenvalue weighted by molar-refractivity contribution is -0.137. The van der Waals surface area contributed by atoms with Crippen molar-refractivity contribution < 1.29 is 28.4 Å². The Morgan fingerprint density at radius 2 is 1.83 bits per heavy atom. The Hall–Kier alpha value is -4.97. The highest BCUT2D eigenvalue weighted by atomic mass is 32.2. The molecule has 0 bridgehead atoms. The summed E-state index contributed by atoms with van der Waals surface area (Å²) >= 11 is 1.51. The SMILES string of the molecule is CN(Cc1ccc(-c2[nH]c3cc(F)cc4c3c2CCNC4=O)cc1)C(=O)CCSc1cccc2c1CN(C1CCC(=O)NC1=O)C2=O. The molecule has 3 aliphatic rings. The average Bonchev–Trinajstić information content (AvgIpc) is 3.52. The molecule has 12 heteroatoms. The fraction of sp³-hybridized carbons (Fsp3) is 0.286. The van der Waals surface area contributed by atoms with Gasteiger partial charge in [0.25, 0.3) is 11.8 Å². The van der Waals surface area contributed by atoms with Crippen molar-refractivity contribution in [3.8, 4) is 11.3 Å². The predicted molar refractivity (Wildman–Crippen MR) is 174 cm³/mol. The van der Waals surface area contributed by atoms with E-state index in [2.05, 4.69) is 15.6 Å². The van der Waals surface area contributed by atoms with Crippen LogP contribution < -0.4 is 10.6 Å². The zero-order chi connectivity index (χ0) is 32.8. The van der Waals surface area contributed by atoms with Crippen molar-refractivity contribution in [2.45, 2.75) is 49.7 Å². The largest absolute Gasteiger partial charge is 0.354 e. The lowest BCUT2D eigenvalue weighted by Crippen LogP contribution is -2.52. The number of fused-ring (bicyclic) bond motifs is 1. The molecule has 3 aliphatic heterocycles. The van der Waals surface area contributed by atoms with Gasteiger partial charge in [0.2, 0.25) is 17.7 Å². The maximum atomic E-state index is 14.3. The van der Waals surface area contributed by atoms with Gasteiger partial charge in [-0.1, -0.05) is 30.3 Å². The molecule has 0 saturated carbocycles. The van der Waals surface area contributed by atoms with Crippen molar-refractivity contribution in [2.75, 3.05) is 19.3 Å². The third-order valence-electron chi connectivity index (χ3n) is 9.07. The Bertz CT molecular complexity index is 1970. The van der Waals surface area contributed by atoms with Crippen LogP contribution >= 0.6 is 11.8 Å². The second kappa shape index (κ2) is 12.3. The van der Waals surface area contributed by atoms with Crippen LogP contribution in [0.1, 0.15) is 56.7 Å². The molecule has 1 fully saturated rings. The third-order valence-corrected chi connectivity index (χ3v) is 10.2. The van der Waals surface area contributed by atoms with Crippen LogP contribution in [0.2, 0.25) is 0 Å². The minimum absolute atomic E-state index is 0.0154. The van der Waals surface area contributed by atoms with Crippen LogP contribution in [0.5, 0.6) is 0 Å². The normalized spacial score (nSPS) is 17.4. The number of piperidine rings is 1. The van der Waals surface area contributed by atoms with Crippen molar-refractivity contribution in [3.05, 3.63) is 88.2 Å². The molecule has 0 radical (unpaired) electrons. The van der Waals surface area contributed by atoms with Gasteiger partial charge in [-0.05, 0) is 59.4 Å². The zero-order valence-electron chi connectivity index (χ0n) is 25.7. The summed E-state index contributed by atoms with van der Waals surface area (Å²) < 4.78 is 14.3. The minimum Gasteiger partial charge on any atom is -0.354 e. The third kappa shape index (κ3) is 5.78. The topological polar surface area (TPSA) is 132 Å². The smallest absolute Gasteiger partial charge is 0.255 e. The van der Waals surface area contributed by atoms with Crippen LogP contribution in [-0.2, 0) is 33.9 Å². The number of rotatable bonds is 8. The Labute approximate surface area is 274 Å². The van der Waals surface area contributed by atoms with Gasteiger partial charge in [-0.2, -0.15) is 0 Å². The lowest BCUT2D eigenvalue weighted by Gasteiger charge is -2.29. The van der Waals surface area contributed by atoms with Crippen LogP contribution in [0.15, 0.2) is 59.5 Å². The molecule has 3 aromatic carbocycles. The minimum atomic E-state index is -0.671. The molecule has 240 valence electrons. The lowest BCUT2D eigenvalue weighted by atomic mass is 9.99. The number of thioether (sulfide) groups is 1. The summed E-state index contributed by atoms with van der Waals surface area (Å²) in [5.41, 5.74) is 6.02. The van der Waals surface area contributed by atoms with Gasteiger partial charge in [0.15, 0.2) is 0 Å². The summed E-state index contributed by atoms with van der Waals surface area (Å²) in [6, 6.07) is 15.4. The Kier molecular flexibility index (Phi) is 8.04. The average molecular weight is 654 g/mol. The van der Waals surface area contributed by atoms with E-state index in [1.807, 2.05) is 36.4 Å². The molecule has 0 aliphatic carbocycles. The highest BCUT2D eigenvalue weighted by Crippen LogP contribution is 2.36. The number of aromatic nitrogens is 1. The second-order valence-corrected chi connectivity index (χ2v) is 13.2. The van der Waals surface area contributed by atoms with Crippen LogP contribution in [0.4, 0.5) is 4.39 Å². The molecule has 1 atom stereocenters. The number of aromatic amines is 1. The summed E-state index contributed by atoms with van der Waals surface area (Å²) in [6.45, 7) is 1.18. The molecule has 5 amide bonds. The van der Waals surface area contributed by atoms with Gasteiger partial charge in [-0.3, -0.25) is 29.3 Å². The summed E-state index contributed by atoms with van der Waals surface area (Å²) in [4.78, 5) is 70.1. The maximum absolute atomic E-state index is 14.3. The van der Waals surface area contributed by atoms with Crippen LogP contribution in [0.25, 0.3) is 22.2 Å². The molecule has 4 aromatic rings. The molecule has 3 N–H and O–H groups in total. The first-order chi connectivity index (χ1) is 22.7. The van der Waals surface area contributed by atoms with E-state index in [0.717, 1.165) is 38.2 Å². The van der Waals surface area contributed by atoms with Gasteiger partial charge in [0.1, 0.15) is 11.9 Å². The Balaban J connectivity index is 0.971. The van der Waals surface area contributed by atoms with Crippen LogP contribution in [0, 0.1) is 5.82 Å². The Morgan fingerprint density at radius 1 is 1.02 bits per heavy atom. The predicted octanol–water partition coefficient (Wildman–Crippen LogP) is 4.16. The first kappa shape index (κ1) is 30.7. The maximum Gasteiger partial charge on any atom is 0.255 e. The molecule has 1 saturated heterocycles. The van der Waals surface area contributed by atoms with Gasteiger partial charge in [0.05, 0.1) is 5.56 Å². The number of benzene rings is 3. The molecule has 0 spiro atoms. The standard InChI is InChI=1S/C35H32FN5O5S/c1-40(17-19-5-7-20(8-6-19)32-23-11-13-37-33(44)24-15-21(36)16-26(38-32)31(23)24)30(43)12-14-47-28-4-2-3-22-25(28)18-41(35(22)46)27-9-10-29(42)39-34(27)45/h2-8,15-16,27,38H,9-14,17-18H2,1H3,(H,37,44)(H,39,42,45). The molecular formula is C35H32FN5O5S. The van der Waals surface area contributed by atoms with Crippen LogP contribution in [0.3, 0.4) is 0 Å². The molecular weight excluding hydrogens is 621 g/mol. The Morgan fingerprint density at radius 3 is 2.62 bits per heavy atom. The van der Waals surface area contributed by atoms with Crippen molar-refractivity contribution in [1.29, 1.82) is 0 Å². The number of imide groups is 1. The van der Waals surface area contributed by atoms with Gasteiger partial charge >= 0.3 is 0 Å². The van der Waals surface area contributed by atoms with E-state index >= 15 is 0 Å². The van der Waals surface area contributed by atoms with Gasteiger partial charge in [0, 0.05) is 72.3 Å². The quantitative estimate of drug-likeness (QED) is 0.193. The molecule has 10 nitrogen and oxygen atoms in total. The van der Waals surface area contributed by atoms with E-state index < -0.39 is 17.8 Å². The van der Waals surface area contributed by atoms with Crippen LogP contribution in [-0.4, -0.2) is 69.7 Å². The van der Waals surface area contributed by atoms with E-state index in [-0.39, 0.29) is 30.0 Å². The molecule has 4 heterocycles. The van der Waals surface area contributed by atoms with E-state index in [4.69, 9.17) is 0 Å². The molecule has 47 heavy (non-hydrogen) atoms. The summed E-state index contributed by atoms with van der Waals surface area (Å²) in [5.74, 6) is -1.22. The van der Waals surface area contributed by atoms with E-state index in [1.165, 1.54) is 28.8 Å². The number of nitrogens with one attached hydrogen (secondary N) is 3. The van der Waals surface area contributed by atoms with Gasteiger partial charge in [-0.25, -0.2) is 4.39 Å². The van der Waals surface area contributed by atoms with Crippen molar-refractivity contribution in [1.82, 2.24) is 25.4 Å². The van der Waals surface area contributed by atoms with Crippen molar-refractivity contribution >= 4 is 52.2 Å². The summed E-state index contributed by atoms with van der Waals surface area (Å²) in [5, 5.41) is 5.92. The van der Waals surface area contributed by atoms with Crippen molar-refractivity contribution in [2.24, 2.45) is 0 Å². The molecule has 7 rings (SSSR count). The van der Waals surface area contributed by atoms with E-state index in [1.54, 1.807) is 18.0 Å². The first-order valence-electron chi connectivity index (χ1n) is 15.5. The molecule has 1 aromatic heterocycles. The van der Waals surface area contributed by atoms with Crippen molar-refractivity contribution in [3.63, 3.8) is 0 Å². The number of halogens is 1. The number of carbonyl (C=O) groups is 5. The fourth-order valence-corrected chi connectivity index (χ4v) is 7.73. The second-order valence-electron chi connectivity index (χ2n) is 12.1.